The van der Waals surface area contributed by atoms with Crippen molar-refractivity contribution in [2.45, 2.75) is 25.4 Å². The molecule has 0 bridgehead atoms. The van der Waals surface area contributed by atoms with Crippen LogP contribution in [0.4, 0.5) is 4.39 Å². The first-order valence-corrected chi connectivity index (χ1v) is 8.12. The lowest BCUT2D eigenvalue weighted by Gasteiger charge is -2.22. The highest BCUT2D eigenvalue weighted by Crippen LogP contribution is 2.30. The predicted octanol–water partition coefficient (Wildman–Crippen LogP) is 4.18. The molecule has 1 aliphatic carbocycles. The highest BCUT2D eigenvalue weighted by atomic mass is 19.1. The lowest BCUT2D eigenvalue weighted by molar-refractivity contribution is 0.0722. The maximum Gasteiger partial charge on any atom is 0.273 e. The second-order valence-electron chi connectivity index (χ2n) is 6.14. The predicted molar refractivity (Wildman–Crippen MR) is 91.0 cm³/mol. The molecule has 3 aromatic rings. The number of fused-ring (bicyclic) bond motifs is 1. The fourth-order valence-electron chi connectivity index (χ4n) is 2.90. The zero-order valence-corrected chi connectivity index (χ0v) is 13.2. The number of carbonyl (C=O) groups excluding carboxylic acids is 1. The van der Waals surface area contributed by atoms with Gasteiger partial charge in [0.15, 0.2) is 0 Å². The van der Waals surface area contributed by atoms with Crippen LogP contribution in [0.1, 0.15) is 28.9 Å². The third-order valence-electron chi connectivity index (χ3n) is 4.36. The van der Waals surface area contributed by atoms with E-state index < -0.39 is 0 Å². The molecule has 0 atom stereocenters. The molecule has 0 unspecified atom stereocenters. The molecule has 0 N–H and O–H groups in total. The zero-order chi connectivity index (χ0) is 16.5. The van der Waals surface area contributed by atoms with Crippen LogP contribution >= 0.6 is 0 Å². The fourth-order valence-corrected chi connectivity index (χ4v) is 2.90. The van der Waals surface area contributed by atoms with Crippen molar-refractivity contribution in [1.29, 1.82) is 0 Å². The third-order valence-corrected chi connectivity index (χ3v) is 4.36. The molecule has 120 valence electrons. The van der Waals surface area contributed by atoms with Gasteiger partial charge in [-0.05, 0) is 31.0 Å². The van der Waals surface area contributed by atoms with Gasteiger partial charge in [-0.2, -0.15) is 0 Å². The summed E-state index contributed by atoms with van der Waals surface area (Å²) in [6.45, 7) is 0.282. The lowest BCUT2D eigenvalue weighted by Crippen LogP contribution is -2.33. The number of benzene rings is 2. The van der Waals surface area contributed by atoms with E-state index >= 15 is 0 Å². The summed E-state index contributed by atoms with van der Waals surface area (Å²) in [6.07, 6.45) is 1.93. The zero-order valence-electron chi connectivity index (χ0n) is 13.2. The molecule has 1 aliphatic rings. The standard InChI is InChI=1S/C20H17FN2O/c21-17-7-3-1-6-15(17)13-23(16-10-11-16)20(24)19-12-9-14-5-2-4-8-18(14)22-19/h1-9,12,16H,10-11,13H2. The molecule has 4 heteroatoms. The number of hydrogen-bond donors (Lipinski definition) is 0. The Morgan fingerprint density at radius 3 is 2.58 bits per heavy atom. The van der Waals surface area contributed by atoms with Crippen LogP contribution in [0.2, 0.25) is 0 Å². The second kappa shape index (κ2) is 6.04. The molecule has 3 nitrogen and oxygen atoms in total. The number of halogens is 1. The molecular formula is C20H17FN2O. The Morgan fingerprint density at radius 2 is 1.79 bits per heavy atom. The van der Waals surface area contributed by atoms with E-state index in [9.17, 15) is 9.18 Å². The molecule has 1 amide bonds. The van der Waals surface area contributed by atoms with Crippen molar-refractivity contribution >= 4 is 16.8 Å². The van der Waals surface area contributed by atoms with Crippen molar-refractivity contribution in [2.24, 2.45) is 0 Å². The minimum atomic E-state index is -0.276. The van der Waals surface area contributed by atoms with Crippen molar-refractivity contribution in [3.63, 3.8) is 0 Å². The van der Waals surface area contributed by atoms with Crippen LogP contribution < -0.4 is 0 Å². The molecule has 1 saturated carbocycles. The average molecular weight is 320 g/mol. The Balaban J connectivity index is 1.65. The minimum Gasteiger partial charge on any atom is -0.330 e. The maximum absolute atomic E-state index is 14.0. The molecule has 0 aliphatic heterocycles. The van der Waals surface area contributed by atoms with E-state index in [2.05, 4.69) is 4.98 Å². The molecular weight excluding hydrogens is 303 g/mol. The van der Waals surface area contributed by atoms with Gasteiger partial charge in [-0.15, -0.1) is 0 Å². The van der Waals surface area contributed by atoms with Gasteiger partial charge in [-0.25, -0.2) is 9.37 Å². The van der Waals surface area contributed by atoms with E-state index in [1.807, 2.05) is 30.3 Å². The Morgan fingerprint density at radius 1 is 1.04 bits per heavy atom. The number of carbonyl (C=O) groups is 1. The summed E-state index contributed by atoms with van der Waals surface area (Å²) < 4.78 is 14.0. The van der Waals surface area contributed by atoms with Gasteiger partial charge in [0.05, 0.1) is 5.52 Å². The number of rotatable bonds is 4. The van der Waals surface area contributed by atoms with Crippen molar-refractivity contribution < 1.29 is 9.18 Å². The Hall–Kier alpha value is -2.75. The average Bonchev–Trinajstić information content (AvgIpc) is 3.45. The number of amides is 1. The monoisotopic (exact) mass is 320 g/mol. The van der Waals surface area contributed by atoms with Crippen molar-refractivity contribution in [1.82, 2.24) is 9.88 Å². The summed E-state index contributed by atoms with van der Waals surface area (Å²) in [6, 6.07) is 18.2. The van der Waals surface area contributed by atoms with Crippen molar-refractivity contribution in [2.75, 3.05) is 0 Å². The second-order valence-corrected chi connectivity index (χ2v) is 6.14. The first kappa shape index (κ1) is 14.8. The third kappa shape index (κ3) is 2.87. The van der Waals surface area contributed by atoms with Crippen molar-refractivity contribution in [3.8, 4) is 0 Å². The lowest BCUT2D eigenvalue weighted by atomic mass is 10.1. The Bertz CT molecular complexity index is 905. The fraction of sp³-hybridized carbons (Fsp3) is 0.200. The minimum absolute atomic E-state index is 0.133. The Kier molecular flexibility index (Phi) is 3.73. The van der Waals surface area contributed by atoms with Gasteiger partial charge >= 0.3 is 0 Å². The van der Waals surface area contributed by atoms with Gasteiger partial charge in [-0.1, -0.05) is 42.5 Å². The molecule has 1 fully saturated rings. The van der Waals surface area contributed by atoms with E-state index in [0.29, 0.717) is 11.3 Å². The summed E-state index contributed by atoms with van der Waals surface area (Å²) in [5, 5.41) is 1.00. The summed E-state index contributed by atoms with van der Waals surface area (Å²) in [7, 11) is 0. The van der Waals surface area contributed by atoms with Gasteiger partial charge in [-0.3, -0.25) is 4.79 Å². The quantitative estimate of drug-likeness (QED) is 0.722. The molecule has 4 rings (SSSR count). The van der Waals surface area contributed by atoms with Crippen LogP contribution in [0.15, 0.2) is 60.7 Å². The van der Waals surface area contributed by atoms with Gasteiger partial charge in [0.1, 0.15) is 11.5 Å². The molecule has 1 heterocycles. The van der Waals surface area contributed by atoms with Crippen molar-refractivity contribution in [3.05, 3.63) is 77.7 Å². The van der Waals surface area contributed by atoms with Gasteiger partial charge in [0, 0.05) is 23.5 Å². The molecule has 0 radical (unpaired) electrons. The molecule has 0 spiro atoms. The van der Waals surface area contributed by atoms with Gasteiger partial charge in [0.2, 0.25) is 0 Å². The number of pyridine rings is 1. The number of para-hydroxylation sites is 1. The number of aromatic nitrogens is 1. The van der Waals surface area contributed by atoms with Gasteiger partial charge in [0.25, 0.3) is 5.91 Å². The van der Waals surface area contributed by atoms with E-state index in [-0.39, 0.29) is 24.3 Å². The van der Waals surface area contributed by atoms with E-state index in [0.717, 1.165) is 23.7 Å². The van der Waals surface area contributed by atoms with Crippen LogP contribution in [-0.4, -0.2) is 21.8 Å². The summed E-state index contributed by atoms with van der Waals surface area (Å²) in [4.78, 5) is 19.2. The molecule has 24 heavy (non-hydrogen) atoms. The van der Waals surface area contributed by atoms with Crippen LogP contribution in [0.25, 0.3) is 10.9 Å². The topological polar surface area (TPSA) is 33.2 Å². The van der Waals surface area contributed by atoms with Crippen LogP contribution in [-0.2, 0) is 6.54 Å². The molecule has 2 aromatic carbocycles. The summed E-state index contributed by atoms with van der Waals surface area (Å²) in [5.74, 6) is -0.408. The highest BCUT2D eigenvalue weighted by molar-refractivity contribution is 5.95. The molecule has 0 saturated heterocycles. The van der Waals surface area contributed by atoms with Crippen LogP contribution in [0.3, 0.4) is 0 Å². The summed E-state index contributed by atoms with van der Waals surface area (Å²) >= 11 is 0. The number of nitrogens with zero attached hydrogens (tertiary/aromatic N) is 2. The van der Waals surface area contributed by atoms with Crippen LogP contribution in [0, 0.1) is 5.82 Å². The summed E-state index contributed by atoms with van der Waals surface area (Å²) in [5.41, 5.74) is 1.75. The highest BCUT2D eigenvalue weighted by Gasteiger charge is 2.34. The number of hydrogen-bond acceptors (Lipinski definition) is 2. The SMILES string of the molecule is O=C(c1ccc2ccccc2n1)N(Cc1ccccc1F)C1CC1. The van der Waals surface area contributed by atoms with Gasteiger partial charge < -0.3 is 4.90 Å². The normalized spacial score (nSPS) is 13.9. The van der Waals surface area contributed by atoms with E-state index in [4.69, 9.17) is 0 Å². The van der Waals surface area contributed by atoms with Crippen LogP contribution in [0.5, 0.6) is 0 Å². The first-order chi connectivity index (χ1) is 11.7. The first-order valence-electron chi connectivity index (χ1n) is 8.12. The Labute approximate surface area is 139 Å². The molecule has 1 aromatic heterocycles. The maximum atomic E-state index is 14.0. The largest absolute Gasteiger partial charge is 0.330 e. The van der Waals surface area contributed by atoms with E-state index in [1.54, 1.807) is 29.2 Å². The smallest absolute Gasteiger partial charge is 0.273 e. The van der Waals surface area contributed by atoms with E-state index in [1.165, 1.54) is 6.07 Å².